The first-order chi connectivity index (χ1) is 25.7. The van der Waals surface area contributed by atoms with Crippen LogP contribution in [0.4, 0.5) is 23.4 Å². The second kappa shape index (κ2) is 13.2. The van der Waals surface area contributed by atoms with E-state index in [0.29, 0.717) is 34.5 Å². The molecule has 54 heavy (non-hydrogen) atoms. The monoisotopic (exact) mass is 745 g/mol. The smallest absolute Gasteiger partial charge is 0.319 e. The number of phenols is 1. The highest BCUT2D eigenvalue weighted by Crippen LogP contribution is 2.60. The van der Waals surface area contributed by atoms with E-state index in [-0.39, 0.29) is 76.5 Å². The summed E-state index contributed by atoms with van der Waals surface area (Å²) in [7, 11) is 6.86. The van der Waals surface area contributed by atoms with E-state index in [0.717, 1.165) is 32.5 Å². The van der Waals surface area contributed by atoms with Gasteiger partial charge >= 0.3 is 6.01 Å². The van der Waals surface area contributed by atoms with Gasteiger partial charge in [-0.25, -0.2) is 17.6 Å². The van der Waals surface area contributed by atoms with Crippen LogP contribution in [0.1, 0.15) is 31.7 Å². The van der Waals surface area contributed by atoms with Gasteiger partial charge in [0, 0.05) is 88.0 Å². The van der Waals surface area contributed by atoms with E-state index < -0.39 is 23.0 Å². The molecule has 0 amide bonds. The van der Waals surface area contributed by atoms with Gasteiger partial charge in [0.2, 0.25) is 0 Å². The lowest BCUT2D eigenvalue weighted by Gasteiger charge is -2.43. The van der Waals surface area contributed by atoms with Gasteiger partial charge in [-0.05, 0) is 62.0 Å². The molecule has 8 rings (SSSR count). The van der Waals surface area contributed by atoms with Gasteiger partial charge in [0.15, 0.2) is 5.82 Å². The Morgan fingerprint density at radius 2 is 1.81 bits per heavy atom. The number of rotatable bonds is 11. The van der Waals surface area contributed by atoms with Crippen LogP contribution in [0.2, 0.25) is 0 Å². The first-order valence-electron chi connectivity index (χ1n) is 18.2. The zero-order valence-corrected chi connectivity index (χ0v) is 31.0. The average Bonchev–Trinajstić information content (AvgIpc) is 3.29. The molecule has 2 aliphatic heterocycles. The minimum atomic E-state index is -2.94. The number of aryl methyl sites for hydroxylation is 1. The minimum absolute atomic E-state index is 0.0305. The highest BCUT2D eigenvalue weighted by Gasteiger charge is 2.71. The number of ether oxygens (including phenoxy) is 2. The summed E-state index contributed by atoms with van der Waals surface area (Å²) in [5.74, 6) is -1.44. The van der Waals surface area contributed by atoms with Crippen molar-refractivity contribution in [3.63, 3.8) is 0 Å². The molecule has 3 aromatic carbocycles. The fourth-order valence-electron chi connectivity index (χ4n) is 9.00. The van der Waals surface area contributed by atoms with Crippen molar-refractivity contribution in [1.29, 1.82) is 0 Å². The Hall–Kier alpha value is -4.71. The third kappa shape index (κ3) is 5.97. The van der Waals surface area contributed by atoms with E-state index in [1.54, 1.807) is 44.0 Å². The summed E-state index contributed by atoms with van der Waals surface area (Å²) in [4.78, 5) is 15.9. The van der Waals surface area contributed by atoms with Crippen LogP contribution in [0, 0.1) is 35.3 Å². The van der Waals surface area contributed by atoms with Crippen molar-refractivity contribution >= 4 is 38.4 Å². The highest BCUT2D eigenvalue weighted by atomic mass is 19.3. The molecule has 1 N–H and O–H groups in total. The van der Waals surface area contributed by atoms with Gasteiger partial charge in [-0.15, -0.1) is 6.42 Å². The number of terminal acetylenes is 1. The number of halogens is 4. The van der Waals surface area contributed by atoms with E-state index in [1.807, 2.05) is 0 Å². The predicted octanol–water partition coefficient (Wildman–Crippen LogP) is 6.20. The van der Waals surface area contributed by atoms with Crippen molar-refractivity contribution in [3.8, 4) is 35.2 Å². The lowest BCUT2D eigenvalue weighted by molar-refractivity contribution is 0.0288. The second-order valence-corrected chi connectivity index (χ2v) is 15.7. The van der Waals surface area contributed by atoms with Crippen LogP contribution in [-0.2, 0) is 11.8 Å². The SMILES string of the molecule is C#Cc1c(F)ccc2cc(O)cc(-c3c(F)c4nc(OC[C@]5(CN(C)C)CC5(F)F)nc(N5C6CCC5CN(CC(C)COC)C6)c4c4cn(C)nc34)c12. The van der Waals surface area contributed by atoms with Crippen LogP contribution < -0.4 is 9.64 Å². The Morgan fingerprint density at radius 3 is 2.46 bits per heavy atom. The Morgan fingerprint density at radius 1 is 1.09 bits per heavy atom. The summed E-state index contributed by atoms with van der Waals surface area (Å²) in [6.07, 6.45) is 8.97. The number of aromatic hydroxyl groups is 1. The maximum atomic E-state index is 17.7. The first-order valence-corrected chi connectivity index (χ1v) is 18.2. The van der Waals surface area contributed by atoms with Gasteiger partial charge in [-0.2, -0.15) is 15.1 Å². The molecule has 284 valence electrons. The summed E-state index contributed by atoms with van der Waals surface area (Å²) in [5.41, 5.74) is -1.32. The number of likely N-dealkylation sites (tertiary alicyclic amines) is 1. The van der Waals surface area contributed by atoms with Gasteiger partial charge in [-0.1, -0.05) is 18.9 Å². The van der Waals surface area contributed by atoms with Crippen LogP contribution in [0.15, 0.2) is 30.5 Å². The Bertz CT molecular complexity index is 2330. The fourth-order valence-corrected chi connectivity index (χ4v) is 9.00. The third-order valence-electron chi connectivity index (χ3n) is 11.2. The third-order valence-corrected chi connectivity index (χ3v) is 11.2. The summed E-state index contributed by atoms with van der Waals surface area (Å²) in [6.45, 7) is 4.87. The Kier molecular flexibility index (Phi) is 8.90. The molecule has 3 fully saturated rings. The summed E-state index contributed by atoms with van der Waals surface area (Å²) < 4.78 is 75.6. The topological polar surface area (TPSA) is 92.0 Å². The van der Waals surface area contributed by atoms with Gasteiger partial charge in [0.1, 0.15) is 35.0 Å². The molecule has 14 heteroatoms. The molecule has 2 saturated heterocycles. The molecule has 1 saturated carbocycles. The number of aromatic nitrogens is 4. The van der Waals surface area contributed by atoms with Crippen LogP contribution in [0.5, 0.6) is 11.8 Å². The fraction of sp³-hybridized carbons (Fsp3) is 0.475. The zero-order chi connectivity index (χ0) is 38.3. The van der Waals surface area contributed by atoms with E-state index in [2.05, 4.69) is 27.6 Å². The average molecular weight is 746 g/mol. The first kappa shape index (κ1) is 36.3. The number of phenolic OH excluding ortho intramolecular Hbond substituents is 1. The van der Waals surface area contributed by atoms with Gasteiger partial charge in [0.25, 0.3) is 5.92 Å². The number of nitrogens with zero attached hydrogens (tertiary/aromatic N) is 7. The molecule has 4 atom stereocenters. The lowest BCUT2D eigenvalue weighted by atomic mass is 9.91. The van der Waals surface area contributed by atoms with Gasteiger partial charge in [-0.3, -0.25) is 9.58 Å². The molecule has 10 nitrogen and oxygen atoms in total. The Labute approximate surface area is 310 Å². The number of anilines is 1. The maximum Gasteiger partial charge on any atom is 0.319 e. The van der Waals surface area contributed by atoms with E-state index in [9.17, 15) is 13.9 Å². The maximum absolute atomic E-state index is 17.7. The second-order valence-electron chi connectivity index (χ2n) is 15.7. The van der Waals surface area contributed by atoms with Crippen LogP contribution >= 0.6 is 0 Å². The standard InChI is InChI=1S/C40H43F4N7O3/c1-7-27-30(41)11-8-23-12-26(52)13-28(31(23)27)32-34(42)36-33(29-17-49(5)47-35(29)32)37(46-38(45-36)54-21-39(20-48(3)4)19-40(39,43)44)51-24-9-10-25(51)16-50(15-24)14-22(2)18-53-6/h1,8,11-13,17,22,24-25,52H,9-10,14-16,18-21H2,2-6H3/t22?,24?,25?,39-/m1/s1. The number of alkyl halides is 2. The van der Waals surface area contributed by atoms with Gasteiger partial charge < -0.3 is 24.4 Å². The van der Waals surface area contributed by atoms with E-state index in [1.165, 1.54) is 24.3 Å². The van der Waals surface area contributed by atoms with Crippen molar-refractivity contribution in [3.05, 3.63) is 47.7 Å². The quantitative estimate of drug-likeness (QED) is 0.125. The van der Waals surface area contributed by atoms with Gasteiger partial charge in [0.05, 0.1) is 16.4 Å². The molecule has 1 aliphatic carbocycles. The molecular weight excluding hydrogens is 702 g/mol. The van der Waals surface area contributed by atoms with Crippen LogP contribution in [-0.4, -0.2) is 113 Å². The molecule has 0 radical (unpaired) electrons. The zero-order valence-electron chi connectivity index (χ0n) is 31.0. The summed E-state index contributed by atoms with van der Waals surface area (Å²) in [5, 5.41) is 17.1. The molecule has 3 unspecified atom stereocenters. The van der Waals surface area contributed by atoms with Crippen molar-refractivity contribution in [2.24, 2.45) is 18.4 Å². The number of piperazine rings is 1. The molecule has 4 heterocycles. The van der Waals surface area contributed by atoms with E-state index in [4.69, 9.17) is 26.0 Å². The molecule has 3 aliphatic rings. The number of methoxy groups -OCH3 is 1. The number of hydrogen-bond donors (Lipinski definition) is 1. The normalized spacial score (nSPS) is 22.8. The molecule has 5 aromatic rings. The van der Waals surface area contributed by atoms with Crippen molar-refractivity contribution < 1.29 is 32.1 Å². The van der Waals surface area contributed by atoms with Crippen molar-refractivity contribution in [1.82, 2.24) is 29.5 Å². The number of hydrogen-bond acceptors (Lipinski definition) is 9. The molecule has 0 spiro atoms. The van der Waals surface area contributed by atoms with Crippen molar-refractivity contribution in [2.75, 3.05) is 65.5 Å². The molecule has 2 bridgehead atoms. The molecule has 2 aromatic heterocycles. The number of fused-ring (bicyclic) bond motifs is 6. The largest absolute Gasteiger partial charge is 0.508 e. The Balaban J connectivity index is 1.35. The minimum Gasteiger partial charge on any atom is -0.508 e. The van der Waals surface area contributed by atoms with Crippen molar-refractivity contribution in [2.45, 2.75) is 44.2 Å². The predicted molar refractivity (Wildman–Crippen MR) is 199 cm³/mol. The van der Waals surface area contributed by atoms with Crippen LogP contribution in [0.3, 0.4) is 0 Å². The summed E-state index contributed by atoms with van der Waals surface area (Å²) >= 11 is 0. The molecular formula is C40H43F4N7O3. The lowest BCUT2D eigenvalue weighted by Crippen LogP contribution is -2.55. The highest BCUT2D eigenvalue weighted by molar-refractivity contribution is 6.18. The van der Waals surface area contributed by atoms with Crippen LogP contribution in [0.25, 0.3) is 43.7 Å². The number of benzene rings is 3. The van der Waals surface area contributed by atoms with E-state index >= 15 is 8.78 Å². The summed E-state index contributed by atoms with van der Waals surface area (Å²) in [6, 6.07) is 5.28.